The SMILES string of the molecule is COC(=O)[C@H]1C[C@H](F)CCN1[C@H](C)c1ccccc1. The summed E-state index contributed by atoms with van der Waals surface area (Å²) in [4.78, 5) is 13.9. The van der Waals surface area contributed by atoms with E-state index in [-0.39, 0.29) is 18.4 Å². The number of alkyl halides is 1. The van der Waals surface area contributed by atoms with Crippen LogP contribution in [0.25, 0.3) is 0 Å². The highest BCUT2D eigenvalue weighted by Gasteiger charge is 2.36. The van der Waals surface area contributed by atoms with Crippen molar-refractivity contribution < 1.29 is 13.9 Å². The molecular formula is C15H20FNO2. The van der Waals surface area contributed by atoms with Gasteiger partial charge in [0, 0.05) is 19.0 Å². The number of likely N-dealkylation sites (tertiary alicyclic amines) is 1. The van der Waals surface area contributed by atoms with E-state index in [1.807, 2.05) is 42.2 Å². The first-order valence-corrected chi connectivity index (χ1v) is 6.66. The summed E-state index contributed by atoms with van der Waals surface area (Å²) in [5, 5.41) is 0. The summed E-state index contributed by atoms with van der Waals surface area (Å²) in [6.07, 6.45) is -0.211. The molecule has 0 aromatic heterocycles. The zero-order valence-corrected chi connectivity index (χ0v) is 11.4. The highest BCUT2D eigenvalue weighted by molar-refractivity contribution is 5.76. The molecule has 2 rings (SSSR count). The minimum absolute atomic E-state index is 0.0813. The number of ether oxygens (including phenoxy) is 1. The van der Waals surface area contributed by atoms with E-state index in [1.165, 1.54) is 7.11 Å². The van der Waals surface area contributed by atoms with Crippen LogP contribution in [0, 0.1) is 0 Å². The monoisotopic (exact) mass is 265 g/mol. The van der Waals surface area contributed by atoms with Gasteiger partial charge in [0.2, 0.25) is 0 Å². The summed E-state index contributed by atoms with van der Waals surface area (Å²) in [5.41, 5.74) is 1.13. The highest BCUT2D eigenvalue weighted by atomic mass is 19.1. The van der Waals surface area contributed by atoms with Gasteiger partial charge in [-0.2, -0.15) is 0 Å². The van der Waals surface area contributed by atoms with Crippen LogP contribution in [0.1, 0.15) is 31.4 Å². The van der Waals surface area contributed by atoms with Gasteiger partial charge in [-0.15, -0.1) is 0 Å². The van der Waals surface area contributed by atoms with E-state index >= 15 is 0 Å². The molecule has 4 heteroatoms. The molecule has 1 heterocycles. The van der Waals surface area contributed by atoms with Crippen LogP contribution in [0.5, 0.6) is 0 Å². The Morgan fingerprint density at radius 1 is 1.42 bits per heavy atom. The predicted molar refractivity (Wildman–Crippen MR) is 71.5 cm³/mol. The molecular weight excluding hydrogens is 245 g/mol. The first-order chi connectivity index (χ1) is 9.13. The Hall–Kier alpha value is -1.42. The van der Waals surface area contributed by atoms with Gasteiger partial charge in [0.25, 0.3) is 0 Å². The maximum atomic E-state index is 13.5. The summed E-state index contributed by atoms with van der Waals surface area (Å²) >= 11 is 0. The van der Waals surface area contributed by atoms with Crippen LogP contribution >= 0.6 is 0 Å². The summed E-state index contributed by atoms with van der Waals surface area (Å²) in [7, 11) is 1.36. The molecule has 1 aromatic carbocycles. The molecule has 1 aromatic rings. The maximum Gasteiger partial charge on any atom is 0.323 e. The minimum Gasteiger partial charge on any atom is -0.468 e. The largest absolute Gasteiger partial charge is 0.468 e. The number of carbonyl (C=O) groups excluding carboxylic acids is 1. The van der Waals surface area contributed by atoms with Crippen molar-refractivity contribution in [3.63, 3.8) is 0 Å². The molecule has 104 valence electrons. The molecule has 0 aliphatic carbocycles. The van der Waals surface area contributed by atoms with Crippen LogP contribution in [-0.4, -0.2) is 36.7 Å². The molecule has 0 N–H and O–H groups in total. The predicted octanol–water partition coefficient (Wildman–Crippen LogP) is 2.72. The summed E-state index contributed by atoms with van der Waals surface area (Å²) in [6.45, 7) is 2.63. The fourth-order valence-corrected chi connectivity index (χ4v) is 2.69. The number of esters is 1. The fraction of sp³-hybridized carbons (Fsp3) is 0.533. The molecule has 3 nitrogen and oxygen atoms in total. The number of methoxy groups -OCH3 is 1. The normalized spacial score (nSPS) is 25.8. The van der Waals surface area contributed by atoms with E-state index in [1.54, 1.807) is 0 Å². The Morgan fingerprint density at radius 3 is 2.74 bits per heavy atom. The molecule has 0 bridgehead atoms. The maximum absolute atomic E-state index is 13.5. The first kappa shape index (κ1) is 14.0. The minimum atomic E-state index is -0.914. The standard InChI is InChI=1S/C15H20FNO2/c1-11(12-6-4-3-5-7-12)17-9-8-13(16)10-14(17)15(18)19-2/h3-7,11,13-14H,8-10H2,1-2H3/t11-,13-,14-/m1/s1. The van der Waals surface area contributed by atoms with Gasteiger partial charge in [0.15, 0.2) is 0 Å². The molecule has 1 aliphatic rings. The summed E-state index contributed by atoms with van der Waals surface area (Å²) in [5.74, 6) is -0.342. The van der Waals surface area contributed by atoms with Crippen LogP contribution in [-0.2, 0) is 9.53 Å². The second-order valence-electron chi connectivity index (χ2n) is 4.99. The zero-order chi connectivity index (χ0) is 13.8. The number of halogens is 1. The highest BCUT2D eigenvalue weighted by Crippen LogP contribution is 2.30. The zero-order valence-electron chi connectivity index (χ0n) is 11.4. The fourth-order valence-electron chi connectivity index (χ4n) is 2.69. The Labute approximate surface area is 113 Å². The smallest absolute Gasteiger partial charge is 0.323 e. The molecule has 0 unspecified atom stereocenters. The number of benzene rings is 1. The van der Waals surface area contributed by atoms with Crippen molar-refractivity contribution in [2.75, 3.05) is 13.7 Å². The van der Waals surface area contributed by atoms with E-state index in [0.29, 0.717) is 13.0 Å². The van der Waals surface area contributed by atoms with E-state index in [9.17, 15) is 9.18 Å². The molecule has 1 saturated heterocycles. The summed E-state index contributed by atoms with van der Waals surface area (Å²) < 4.78 is 18.3. The first-order valence-electron chi connectivity index (χ1n) is 6.66. The molecule has 3 atom stereocenters. The van der Waals surface area contributed by atoms with E-state index in [4.69, 9.17) is 4.74 Å². The van der Waals surface area contributed by atoms with Gasteiger partial charge in [-0.05, 0) is 18.9 Å². The average molecular weight is 265 g/mol. The Morgan fingerprint density at radius 2 is 2.11 bits per heavy atom. The molecule has 0 saturated carbocycles. The number of carbonyl (C=O) groups is 1. The van der Waals surface area contributed by atoms with Gasteiger partial charge < -0.3 is 4.74 Å². The number of piperidine rings is 1. The quantitative estimate of drug-likeness (QED) is 0.787. The second-order valence-corrected chi connectivity index (χ2v) is 4.99. The lowest BCUT2D eigenvalue weighted by Gasteiger charge is -2.39. The lowest BCUT2D eigenvalue weighted by molar-refractivity contribution is -0.150. The van der Waals surface area contributed by atoms with E-state index < -0.39 is 12.2 Å². The topological polar surface area (TPSA) is 29.5 Å². The van der Waals surface area contributed by atoms with Crippen LogP contribution < -0.4 is 0 Å². The average Bonchev–Trinajstić information content (AvgIpc) is 2.46. The van der Waals surface area contributed by atoms with Crippen molar-refractivity contribution in [1.82, 2.24) is 4.90 Å². The Kier molecular flexibility index (Phi) is 4.53. The number of rotatable bonds is 3. The van der Waals surface area contributed by atoms with Crippen molar-refractivity contribution in [3.05, 3.63) is 35.9 Å². The molecule has 0 radical (unpaired) electrons. The number of hydrogen-bond acceptors (Lipinski definition) is 3. The van der Waals surface area contributed by atoms with Gasteiger partial charge in [-0.1, -0.05) is 30.3 Å². The van der Waals surface area contributed by atoms with Gasteiger partial charge in [-0.25, -0.2) is 4.39 Å². The van der Waals surface area contributed by atoms with Gasteiger partial charge in [-0.3, -0.25) is 9.69 Å². The van der Waals surface area contributed by atoms with Gasteiger partial charge >= 0.3 is 5.97 Å². The Bertz CT molecular complexity index is 423. The van der Waals surface area contributed by atoms with E-state index in [2.05, 4.69) is 0 Å². The van der Waals surface area contributed by atoms with Gasteiger partial charge in [0.1, 0.15) is 12.2 Å². The lowest BCUT2D eigenvalue weighted by Crippen LogP contribution is -2.49. The van der Waals surface area contributed by atoms with Crippen LogP contribution in [0.15, 0.2) is 30.3 Å². The lowest BCUT2D eigenvalue weighted by atomic mass is 9.96. The van der Waals surface area contributed by atoms with Crippen molar-refractivity contribution in [2.24, 2.45) is 0 Å². The third-order valence-corrected chi connectivity index (χ3v) is 3.83. The molecule has 0 spiro atoms. The molecule has 19 heavy (non-hydrogen) atoms. The van der Waals surface area contributed by atoms with Crippen molar-refractivity contribution >= 4 is 5.97 Å². The van der Waals surface area contributed by atoms with Gasteiger partial charge in [0.05, 0.1) is 7.11 Å². The Balaban J connectivity index is 2.18. The molecule has 1 fully saturated rings. The third-order valence-electron chi connectivity index (χ3n) is 3.83. The van der Waals surface area contributed by atoms with Crippen LogP contribution in [0.3, 0.4) is 0 Å². The third kappa shape index (κ3) is 3.13. The van der Waals surface area contributed by atoms with Crippen LogP contribution in [0.4, 0.5) is 4.39 Å². The number of nitrogens with zero attached hydrogens (tertiary/aromatic N) is 1. The summed E-state index contributed by atoms with van der Waals surface area (Å²) in [6, 6.07) is 9.56. The number of hydrogen-bond donors (Lipinski definition) is 0. The molecule has 1 aliphatic heterocycles. The second kappa shape index (κ2) is 6.15. The van der Waals surface area contributed by atoms with Crippen molar-refractivity contribution in [3.8, 4) is 0 Å². The van der Waals surface area contributed by atoms with Crippen LogP contribution in [0.2, 0.25) is 0 Å². The van der Waals surface area contributed by atoms with E-state index in [0.717, 1.165) is 5.56 Å². The van der Waals surface area contributed by atoms with Crippen molar-refractivity contribution in [2.45, 2.75) is 38.0 Å². The van der Waals surface area contributed by atoms with Crippen molar-refractivity contribution in [1.29, 1.82) is 0 Å². The molecule has 0 amide bonds.